The second-order valence-corrected chi connectivity index (χ2v) is 3.40. The molecule has 0 aromatic heterocycles. The Hall–Kier alpha value is -1.08. The monoisotopic (exact) mass is 196 g/mol. The summed E-state index contributed by atoms with van der Waals surface area (Å²) in [6.45, 7) is 4.35. The standard InChI is InChI=1S/C10H16N2O2/c1-2-14-6-5-12-8-9(7-11)3-4-10(12)13/h9H,2-6,8H2,1H3. The lowest BCUT2D eigenvalue weighted by atomic mass is 9.99. The van der Waals surface area contributed by atoms with E-state index in [2.05, 4.69) is 6.07 Å². The molecular formula is C10H16N2O2. The molecule has 1 saturated heterocycles. The number of likely N-dealkylation sites (tertiary alicyclic amines) is 1. The van der Waals surface area contributed by atoms with Crippen molar-refractivity contribution in [3.05, 3.63) is 0 Å². The van der Waals surface area contributed by atoms with Gasteiger partial charge in [0.05, 0.1) is 18.6 Å². The predicted octanol–water partition coefficient (Wildman–Crippen LogP) is 0.785. The maximum atomic E-state index is 11.4. The number of hydrogen-bond donors (Lipinski definition) is 0. The number of nitrogens with zero attached hydrogens (tertiary/aromatic N) is 2. The third-order valence-corrected chi connectivity index (χ3v) is 2.39. The van der Waals surface area contributed by atoms with E-state index in [1.807, 2.05) is 6.92 Å². The Morgan fingerprint density at radius 1 is 1.71 bits per heavy atom. The van der Waals surface area contributed by atoms with Gasteiger partial charge < -0.3 is 9.64 Å². The van der Waals surface area contributed by atoms with E-state index < -0.39 is 0 Å². The van der Waals surface area contributed by atoms with Crippen molar-refractivity contribution >= 4 is 5.91 Å². The second kappa shape index (κ2) is 5.61. The van der Waals surface area contributed by atoms with Crippen LogP contribution in [-0.4, -0.2) is 37.1 Å². The van der Waals surface area contributed by atoms with Crippen LogP contribution in [0.5, 0.6) is 0 Å². The van der Waals surface area contributed by atoms with E-state index in [-0.39, 0.29) is 11.8 Å². The summed E-state index contributed by atoms with van der Waals surface area (Å²) in [4.78, 5) is 13.1. The number of rotatable bonds is 4. The summed E-state index contributed by atoms with van der Waals surface area (Å²) >= 11 is 0. The van der Waals surface area contributed by atoms with Gasteiger partial charge in [-0.2, -0.15) is 5.26 Å². The Balaban J connectivity index is 2.33. The Bertz CT molecular complexity index is 235. The van der Waals surface area contributed by atoms with Crippen molar-refractivity contribution in [3.63, 3.8) is 0 Å². The lowest BCUT2D eigenvalue weighted by Gasteiger charge is -2.29. The molecule has 1 aliphatic heterocycles. The summed E-state index contributed by atoms with van der Waals surface area (Å²) in [7, 11) is 0. The fourth-order valence-corrected chi connectivity index (χ4v) is 1.56. The molecule has 0 aromatic carbocycles. The maximum Gasteiger partial charge on any atom is 0.222 e. The Kier molecular flexibility index (Phi) is 4.41. The van der Waals surface area contributed by atoms with Crippen molar-refractivity contribution in [3.8, 4) is 6.07 Å². The summed E-state index contributed by atoms with van der Waals surface area (Å²) in [5.74, 6) is 0.158. The van der Waals surface area contributed by atoms with Gasteiger partial charge in [-0.1, -0.05) is 0 Å². The third kappa shape index (κ3) is 3.00. The average Bonchev–Trinajstić information content (AvgIpc) is 2.21. The molecule has 1 unspecified atom stereocenters. The summed E-state index contributed by atoms with van der Waals surface area (Å²) in [5.41, 5.74) is 0. The molecule has 0 saturated carbocycles. The van der Waals surface area contributed by atoms with Crippen molar-refractivity contribution in [2.45, 2.75) is 19.8 Å². The minimum Gasteiger partial charge on any atom is -0.380 e. The number of carbonyl (C=O) groups excluding carboxylic acids is 1. The highest BCUT2D eigenvalue weighted by Gasteiger charge is 2.24. The number of piperidine rings is 1. The largest absolute Gasteiger partial charge is 0.380 e. The van der Waals surface area contributed by atoms with Crippen LogP contribution in [0.2, 0.25) is 0 Å². The van der Waals surface area contributed by atoms with Gasteiger partial charge in [0, 0.05) is 26.1 Å². The molecule has 14 heavy (non-hydrogen) atoms. The van der Waals surface area contributed by atoms with E-state index in [1.54, 1.807) is 4.90 Å². The first-order chi connectivity index (χ1) is 6.77. The highest BCUT2D eigenvalue weighted by atomic mass is 16.5. The van der Waals surface area contributed by atoms with Gasteiger partial charge >= 0.3 is 0 Å². The van der Waals surface area contributed by atoms with E-state index in [0.29, 0.717) is 39.1 Å². The zero-order chi connectivity index (χ0) is 10.4. The molecule has 1 aliphatic rings. The summed E-state index contributed by atoms with van der Waals surface area (Å²) in [6, 6.07) is 2.21. The SMILES string of the molecule is CCOCCN1CC(C#N)CCC1=O. The molecule has 0 bridgehead atoms. The normalized spacial score (nSPS) is 22.1. The summed E-state index contributed by atoms with van der Waals surface area (Å²) in [6.07, 6.45) is 1.21. The van der Waals surface area contributed by atoms with Gasteiger partial charge in [0.25, 0.3) is 0 Å². The fraction of sp³-hybridized carbons (Fsp3) is 0.800. The topological polar surface area (TPSA) is 53.3 Å². The minimum absolute atomic E-state index is 0.00864. The van der Waals surface area contributed by atoms with E-state index >= 15 is 0 Å². The van der Waals surface area contributed by atoms with Crippen LogP contribution in [0.1, 0.15) is 19.8 Å². The maximum absolute atomic E-state index is 11.4. The van der Waals surface area contributed by atoms with Crippen LogP contribution < -0.4 is 0 Å². The number of hydrogen-bond acceptors (Lipinski definition) is 3. The van der Waals surface area contributed by atoms with E-state index in [1.165, 1.54) is 0 Å². The number of amides is 1. The first-order valence-corrected chi connectivity index (χ1v) is 5.03. The summed E-state index contributed by atoms with van der Waals surface area (Å²) in [5, 5.41) is 8.75. The number of carbonyl (C=O) groups is 1. The van der Waals surface area contributed by atoms with Crippen LogP contribution in [0.4, 0.5) is 0 Å². The predicted molar refractivity (Wildman–Crippen MR) is 51.4 cm³/mol. The van der Waals surface area contributed by atoms with Gasteiger partial charge in [-0.25, -0.2) is 0 Å². The Morgan fingerprint density at radius 3 is 3.14 bits per heavy atom. The highest BCUT2D eigenvalue weighted by Crippen LogP contribution is 2.16. The number of ether oxygens (including phenoxy) is 1. The Labute approximate surface area is 84.4 Å². The van der Waals surface area contributed by atoms with Crippen molar-refractivity contribution in [2.75, 3.05) is 26.3 Å². The van der Waals surface area contributed by atoms with E-state index in [9.17, 15) is 4.79 Å². The molecule has 0 aromatic rings. The molecule has 4 nitrogen and oxygen atoms in total. The van der Waals surface area contributed by atoms with E-state index in [0.717, 1.165) is 0 Å². The molecule has 4 heteroatoms. The third-order valence-electron chi connectivity index (χ3n) is 2.39. The van der Waals surface area contributed by atoms with Gasteiger partial charge in [-0.15, -0.1) is 0 Å². The van der Waals surface area contributed by atoms with E-state index in [4.69, 9.17) is 10.00 Å². The quantitative estimate of drug-likeness (QED) is 0.624. The van der Waals surface area contributed by atoms with Crippen LogP contribution in [0, 0.1) is 17.2 Å². The van der Waals surface area contributed by atoms with Gasteiger partial charge in [-0.05, 0) is 13.3 Å². The first-order valence-electron chi connectivity index (χ1n) is 5.03. The van der Waals surface area contributed by atoms with Crippen molar-refractivity contribution < 1.29 is 9.53 Å². The Morgan fingerprint density at radius 2 is 2.50 bits per heavy atom. The lowest BCUT2D eigenvalue weighted by molar-refractivity contribution is -0.134. The van der Waals surface area contributed by atoms with Crippen molar-refractivity contribution in [1.29, 1.82) is 5.26 Å². The van der Waals surface area contributed by atoms with Gasteiger partial charge in [0.1, 0.15) is 0 Å². The zero-order valence-electron chi connectivity index (χ0n) is 8.53. The first kappa shape index (κ1) is 11.0. The molecule has 0 radical (unpaired) electrons. The molecule has 1 rings (SSSR count). The second-order valence-electron chi connectivity index (χ2n) is 3.40. The molecular weight excluding hydrogens is 180 g/mol. The smallest absolute Gasteiger partial charge is 0.222 e. The average molecular weight is 196 g/mol. The van der Waals surface area contributed by atoms with Gasteiger partial charge in [-0.3, -0.25) is 4.79 Å². The van der Waals surface area contributed by atoms with Gasteiger partial charge in [0.2, 0.25) is 5.91 Å². The zero-order valence-corrected chi connectivity index (χ0v) is 8.53. The molecule has 1 heterocycles. The van der Waals surface area contributed by atoms with Crippen molar-refractivity contribution in [2.24, 2.45) is 5.92 Å². The van der Waals surface area contributed by atoms with Crippen LogP contribution in [0.15, 0.2) is 0 Å². The molecule has 78 valence electrons. The minimum atomic E-state index is 0.00864. The van der Waals surface area contributed by atoms with Gasteiger partial charge in [0.15, 0.2) is 0 Å². The molecule has 0 spiro atoms. The molecule has 0 aliphatic carbocycles. The molecule has 1 fully saturated rings. The van der Waals surface area contributed by atoms with Crippen LogP contribution >= 0.6 is 0 Å². The fourth-order valence-electron chi connectivity index (χ4n) is 1.56. The number of nitriles is 1. The molecule has 0 N–H and O–H groups in total. The highest BCUT2D eigenvalue weighted by molar-refractivity contribution is 5.77. The molecule has 1 atom stereocenters. The van der Waals surface area contributed by atoms with Crippen LogP contribution in [-0.2, 0) is 9.53 Å². The lowest BCUT2D eigenvalue weighted by Crippen LogP contribution is -2.41. The van der Waals surface area contributed by atoms with Crippen molar-refractivity contribution in [1.82, 2.24) is 4.90 Å². The van der Waals surface area contributed by atoms with Crippen LogP contribution in [0.25, 0.3) is 0 Å². The molecule has 1 amide bonds. The summed E-state index contributed by atoms with van der Waals surface area (Å²) < 4.78 is 5.18. The van der Waals surface area contributed by atoms with Crippen LogP contribution in [0.3, 0.4) is 0 Å².